The highest BCUT2D eigenvalue weighted by Crippen LogP contribution is 2.21. The van der Waals surface area contributed by atoms with Crippen LogP contribution in [0.4, 0.5) is 0 Å². The summed E-state index contributed by atoms with van der Waals surface area (Å²) < 4.78 is 5.17. The van der Waals surface area contributed by atoms with Crippen molar-refractivity contribution in [3.63, 3.8) is 0 Å². The summed E-state index contributed by atoms with van der Waals surface area (Å²) in [7, 11) is 0. The highest BCUT2D eigenvalue weighted by molar-refractivity contribution is 5.81. The summed E-state index contributed by atoms with van der Waals surface area (Å²) in [5.41, 5.74) is 5.79. The lowest BCUT2D eigenvalue weighted by Crippen LogP contribution is -2.48. The second kappa shape index (κ2) is 5.01. The first kappa shape index (κ1) is 12.3. The van der Waals surface area contributed by atoms with Crippen molar-refractivity contribution in [2.24, 2.45) is 17.6 Å². The molecule has 17 heavy (non-hydrogen) atoms. The number of carboxylic acid groups (broad SMARTS) is 1. The van der Waals surface area contributed by atoms with E-state index in [0.717, 1.165) is 6.42 Å². The number of rotatable bonds is 2. The third-order valence-corrected chi connectivity index (χ3v) is 3.52. The Hall–Kier alpha value is -1.14. The number of carbonyl (C=O) groups excluding carboxylic acids is 1. The van der Waals surface area contributed by atoms with E-state index in [1.54, 1.807) is 4.90 Å². The van der Waals surface area contributed by atoms with Crippen molar-refractivity contribution in [3.8, 4) is 0 Å². The number of nitrogens with zero attached hydrogens (tertiary/aromatic N) is 1. The van der Waals surface area contributed by atoms with E-state index >= 15 is 0 Å². The van der Waals surface area contributed by atoms with Crippen molar-refractivity contribution < 1.29 is 19.4 Å². The maximum Gasteiger partial charge on any atom is 0.308 e. The standard InChI is InChI=1S/C11H18N2O4/c12-9-6-17-5-8(9)10(14)13-3-1-2-7(4-13)11(15)16/h7-9H,1-6,12H2,(H,15,16). The van der Waals surface area contributed by atoms with Crippen LogP contribution in [0.3, 0.4) is 0 Å². The van der Waals surface area contributed by atoms with E-state index in [9.17, 15) is 9.59 Å². The zero-order chi connectivity index (χ0) is 12.4. The van der Waals surface area contributed by atoms with Crippen molar-refractivity contribution in [1.29, 1.82) is 0 Å². The summed E-state index contributed by atoms with van der Waals surface area (Å²) in [6.07, 6.45) is 1.39. The lowest BCUT2D eigenvalue weighted by Gasteiger charge is -2.32. The van der Waals surface area contributed by atoms with Crippen LogP contribution in [0.5, 0.6) is 0 Å². The van der Waals surface area contributed by atoms with E-state index in [0.29, 0.717) is 32.7 Å². The quantitative estimate of drug-likeness (QED) is 0.667. The fraction of sp³-hybridized carbons (Fsp3) is 0.818. The first-order valence-electron chi connectivity index (χ1n) is 5.94. The zero-order valence-corrected chi connectivity index (χ0v) is 9.67. The van der Waals surface area contributed by atoms with Crippen LogP contribution in [0.25, 0.3) is 0 Å². The monoisotopic (exact) mass is 242 g/mol. The molecule has 0 saturated carbocycles. The molecule has 6 nitrogen and oxygen atoms in total. The molecule has 3 atom stereocenters. The maximum absolute atomic E-state index is 12.2. The number of piperidine rings is 1. The number of likely N-dealkylation sites (tertiary alicyclic amines) is 1. The first-order chi connectivity index (χ1) is 8.09. The fourth-order valence-electron chi connectivity index (χ4n) is 2.44. The Labute approximate surface area is 99.7 Å². The minimum absolute atomic E-state index is 0.0547. The van der Waals surface area contributed by atoms with E-state index in [1.165, 1.54) is 0 Å². The third-order valence-electron chi connectivity index (χ3n) is 3.52. The molecule has 0 radical (unpaired) electrons. The predicted octanol–water partition coefficient (Wildman–Crippen LogP) is -0.717. The van der Waals surface area contributed by atoms with Gasteiger partial charge in [0.25, 0.3) is 0 Å². The van der Waals surface area contributed by atoms with Crippen LogP contribution in [-0.2, 0) is 14.3 Å². The first-order valence-corrected chi connectivity index (χ1v) is 5.94. The van der Waals surface area contributed by atoms with Gasteiger partial charge in [0, 0.05) is 19.1 Å². The summed E-state index contributed by atoms with van der Waals surface area (Å²) in [5, 5.41) is 8.97. The average Bonchev–Trinajstić information content (AvgIpc) is 2.74. The number of carboxylic acids is 1. The maximum atomic E-state index is 12.2. The molecule has 0 aliphatic carbocycles. The Kier molecular flexibility index (Phi) is 3.63. The molecule has 3 unspecified atom stereocenters. The molecule has 0 spiro atoms. The molecular formula is C11H18N2O4. The smallest absolute Gasteiger partial charge is 0.308 e. The molecule has 0 aromatic rings. The summed E-state index contributed by atoms with van der Waals surface area (Å²) in [6, 6.07) is -0.257. The number of carbonyl (C=O) groups is 2. The van der Waals surface area contributed by atoms with Crippen LogP contribution in [0.15, 0.2) is 0 Å². The minimum atomic E-state index is -0.825. The second-order valence-electron chi connectivity index (χ2n) is 4.77. The van der Waals surface area contributed by atoms with E-state index in [2.05, 4.69) is 0 Å². The Balaban J connectivity index is 1.97. The summed E-state index contributed by atoms with van der Waals surface area (Å²) >= 11 is 0. The number of hydrogen-bond acceptors (Lipinski definition) is 4. The number of nitrogens with two attached hydrogens (primary N) is 1. The summed E-state index contributed by atoms with van der Waals surface area (Å²) in [5.74, 6) is -1.62. The molecule has 96 valence electrons. The molecule has 2 aliphatic rings. The van der Waals surface area contributed by atoms with Crippen molar-refractivity contribution in [2.75, 3.05) is 26.3 Å². The number of hydrogen-bond donors (Lipinski definition) is 2. The fourth-order valence-corrected chi connectivity index (χ4v) is 2.44. The van der Waals surface area contributed by atoms with E-state index in [1.807, 2.05) is 0 Å². The average molecular weight is 242 g/mol. The molecule has 6 heteroatoms. The topological polar surface area (TPSA) is 92.9 Å². The van der Waals surface area contributed by atoms with E-state index < -0.39 is 11.9 Å². The predicted molar refractivity (Wildman–Crippen MR) is 59.2 cm³/mol. The molecule has 2 heterocycles. The third kappa shape index (κ3) is 2.58. The van der Waals surface area contributed by atoms with Gasteiger partial charge in [-0.3, -0.25) is 9.59 Å². The van der Waals surface area contributed by atoms with E-state index in [4.69, 9.17) is 15.6 Å². The van der Waals surface area contributed by atoms with Crippen LogP contribution < -0.4 is 5.73 Å². The van der Waals surface area contributed by atoms with Crippen LogP contribution in [0, 0.1) is 11.8 Å². The van der Waals surface area contributed by atoms with Gasteiger partial charge in [-0.15, -0.1) is 0 Å². The molecule has 2 fully saturated rings. The van der Waals surface area contributed by atoms with Gasteiger partial charge in [-0.25, -0.2) is 0 Å². The van der Waals surface area contributed by atoms with Gasteiger partial charge >= 0.3 is 5.97 Å². The van der Waals surface area contributed by atoms with Crippen LogP contribution >= 0.6 is 0 Å². The van der Waals surface area contributed by atoms with Crippen LogP contribution in [0.2, 0.25) is 0 Å². The summed E-state index contributed by atoms with van der Waals surface area (Å²) in [4.78, 5) is 24.7. The Morgan fingerprint density at radius 2 is 2.12 bits per heavy atom. The summed E-state index contributed by atoms with van der Waals surface area (Å²) in [6.45, 7) is 1.70. The second-order valence-corrected chi connectivity index (χ2v) is 4.77. The highest BCUT2D eigenvalue weighted by Gasteiger charge is 2.37. The Morgan fingerprint density at radius 3 is 2.71 bits per heavy atom. The van der Waals surface area contributed by atoms with Gasteiger partial charge < -0.3 is 20.5 Å². The van der Waals surface area contributed by atoms with Crippen molar-refractivity contribution >= 4 is 11.9 Å². The number of ether oxygens (including phenoxy) is 1. The molecule has 1 amide bonds. The molecule has 0 aromatic heterocycles. The Bertz CT molecular complexity index is 321. The van der Waals surface area contributed by atoms with Crippen molar-refractivity contribution in [3.05, 3.63) is 0 Å². The largest absolute Gasteiger partial charge is 0.481 e. The molecule has 0 bridgehead atoms. The van der Waals surface area contributed by atoms with Gasteiger partial charge in [0.1, 0.15) is 0 Å². The molecule has 2 rings (SSSR count). The molecule has 2 saturated heterocycles. The minimum Gasteiger partial charge on any atom is -0.481 e. The van der Waals surface area contributed by atoms with Gasteiger partial charge in [-0.05, 0) is 12.8 Å². The van der Waals surface area contributed by atoms with E-state index in [-0.39, 0.29) is 17.9 Å². The molecular weight excluding hydrogens is 224 g/mol. The van der Waals surface area contributed by atoms with Gasteiger partial charge in [0.05, 0.1) is 25.0 Å². The molecule has 0 aromatic carbocycles. The van der Waals surface area contributed by atoms with Gasteiger partial charge in [-0.2, -0.15) is 0 Å². The normalized spacial score (nSPS) is 33.7. The van der Waals surface area contributed by atoms with Gasteiger partial charge in [0.2, 0.25) is 5.91 Å². The lowest BCUT2D eigenvalue weighted by molar-refractivity contribution is -0.146. The van der Waals surface area contributed by atoms with Crippen LogP contribution in [0.1, 0.15) is 12.8 Å². The van der Waals surface area contributed by atoms with Gasteiger partial charge in [0.15, 0.2) is 0 Å². The van der Waals surface area contributed by atoms with Crippen molar-refractivity contribution in [2.45, 2.75) is 18.9 Å². The SMILES string of the molecule is NC1COCC1C(=O)N1CCCC(C(=O)O)C1. The van der Waals surface area contributed by atoms with Crippen molar-refractivity contribution in [1.82, 2.24) is 4.90 Å². The highest BCUT2D eigenvalue weighted by atomic mass is 16.5. The number of amides is 1. The van der Waals surface area contributed by atoms with Gasteiger partial charge in [-0.1, -0.05) is 0 Å². The number of aliphatic carboxylic acids is 1. The van der Waals surface area contributed by atoms with Crippen LogP contribution in [-0.4, -0.2) is 54.2 Å². The molecule has 3 N–H and O–H groups in total. The molecule has 2 aliphatic heterocycles. The zero-order valence-electron chi connectivity index (χ0n) is 9.67. The Morgan fingerprint density at radius 1 is 1.35 bits per heavy atom. The lowest BCUT2D eigenvalue weighted by atomic mass is 9.95.